The van der Waals surface area contributed by atoms with Gasteiger partial charge in [0.25, 0.3) is 5.91 Å². The van der Waals surface area contributed by atoms with E-state index >= 15 is 0 Å². The number of benzene rings is 1. The highest BCUT2D eigenvalue weighted by Crippen LogP contribution is 2.24. The van der Waals surface area contributed by atoms with Crippen molar-refractivity contribution in [3.63, 3.8) is 0 Å². The molecule has 1 rings (SSSR count). The molecule has 0 fully saturated rings. The first-order valence-corrected chi connectivity index (χ1v) is 8.79. The zero-order chi connectivity index (χ0) is 17.9. The van der Waals surface area contributed by atoms with Crippen LogP contribution in [0.5, 0.6) is 0 Å². The molecule has 0 bridgehead atoms. The minimum absolute atomic E-state index is 0.151. The molecular weight excluding hydrogens is 298 g/mol. The summed E-state index contributed by atoms with van der Waals surface area (Å²) in [4.78, 5) is 14.6. The molecule has 1 aromatic carbocycles. The number of carbonyl (C=O) groups is 1. The van der Waals surface area contributed by atoms with E-state index in [0.29, 0.717) is 5.92 Å². The Labute approximate surface area is 146 Å². The van der Waals surface area contributed by atoms with E-state index in [2.05, 4.69) is 37.9 Å². The van der Waals surface area contributed by atoms with Crippen molar-refractivity contribution in [2.75, 3.05) is 18.4 Å². The third-order valence-corrected chi connectivity index (χ3v) is 3.82. The molecule has 0 aliphatic carbocycles. The smallest absolute Gasteiger partial charge is 0.267 e. The minimum atomic E-state index is -0.344. The Kier molecular flexibility index (Phi) is 8.64. The Bertz CT molecular complexity index is 599. The molecule has 4 heteroatoms. The van der Waals surface area contributed by atoms with Gasteiger partial charge in [-0.05, 0) is 30.4 Å². The van der Waals surface area contributed by atoms with Gasteiger partial charge in [-0.2, -0.15) is 5.26 Å². The normalized spacial score (nSPS) is 11.2. The number of nitriles is 1. The van der Waals surface area contributed by atoms with Gasteiger partial charge in [0.15, 0.2) is 0 Å². The molecule has 0 saturated heterocycles. The number of hydrogen-bond acceptors (Lipinski definition) is 3. The van der Waals surface area contributed by atoms with Crippen LogP contribution >= 0.6 is 0 Å². The maximum atomic E-state index is 12.5. The number of nitrogens with zero attached hydrogens (tertiary/aromatic N) is 2. The highest BCUT2D eigenvalue weighted by molar-refractivity contribution is 6.06. The van der Waals surface area contributed by atoms with E-state index < -0.39 is 0 Å². The van der Waals surface area contributed by atoms with Gasteiger partial charge in [-0.15, -0.1) is 0 Å². The fourth-order valence-corrected chi connectivity index (χ4v) is 2.51. The Hall–Kier alpha value is -2.28. The van der Waals surface area contributed by atoms with Gasteiger partial charge in [-0.25, -0.2) is 0 Å². The first-order chi connectivity index (χ1) is 11.5. The van der Waals surface area contributed by atoms with Crippen LogP contribution < -0.4 is 5.32 Å². The largest absolute Gasteiger partial charge is 0.376 e. The van der Waals surface area contributed by atoms with Crippen LogP contribution in [-0.4, -0.2) is 23.9 Å². The van der Waals surface area contributed by atoms with E-state index in [-0.39, 0.29) is 11.5 Å². The lowest BCUT2D eigenvalue weighted by atomic mass is 10.0. The molecular formula is C20H29N3O. The number of para-hydroxylation sites is 1. The molecule has 0 radical (unpaired) electrons. The lowest BCUT2D eigenvalue weighted by molar-refractivity contribution is -0.112. The van der Waals surface area contributed by atoms with Crippen molar-refractivity contribution in [1.82, 2.24) is 4.90 Å². The molecule has 0 atom stereocenters. The molecule has 1 amide bonds. The zero-order valence-corrected chi connectivity index (χ0v) is 15.3. The molecule has 0 spiro atoms. The Morgan fingerprint density at radius 3 is 2.54 bits per heavy atom. The summed E-state index contributed by atoms with van der Waals surface area (Å²) in [5.74, 6) is -0.0413. The third kappa shape index (κ3) is 6.08. The molecule has 0 heterocycles. The summed E-state index contributed by atoms with van der Waals surface area (Å²) in [5, 5.41) is 12.3. The predicted molar refractivity (Wildman–Crippen MR) is 99.6 cm³/mol. The van der Waals surface area contributed by atoms with E-state index in [0.717, 1.165) is 43.6 Å². The van der Waals surface area contributed by atoms with Gasteiger partial charge in [-0.1, -0.05) is 52.3 Å². The second-order valence-electron chi connectivity index (χ2n) is 6.24. The van der Waals surface area contributed by atoms with Crippen molar-refractivity contribution in [1.29, 1.82) is 5.26 Å². The SMILES string of the molecule is CCCCN(/C=C(/C#N)C(=O)Nc1ccccc1C(C)C)CCC. The third-order valence-electron chi connectivity index (χ3n) is 3.82. The summed E-state index contributed by atoms with van der Waals surface area (Å²) in [6.45, 7) is 10.1. The van der Waals surface area contributed by atoms with Gasteiger partial charge in [0, 0.05) is 25.0 Å². The topological polar surface area (TPSA) is 56.1 Å². The molecule has 0 aromatic heterocycles. The Morgan fingerprint density at radius 1 is 1.25 bits per heavy atom. The second kappa shape index (κ2) is 10.5. The number of unbranched alkanes of at least 4 members (excludes halogenated alkanes) is 1. The molecule has 1 N–H and O–H groups in total. The average Bonchev–Trinajstić information content (AvgIpc) is 2.57. The number of nitrogens with one attached hydrogen (secondary N) is 1. The van der Waals surface area contributed by atoms with Gasteiger partial charge < -0.3 is 10.2 Å². The van der Waals surface area contributed by atoms with Gasteiger partial charge in [0.05, 0.1) is 0 Å². The summed E-state index contributed by atoms with van der Waals surface area (Å²) in [6.07, 6.45) is 4.82. The van der Waals surface area contributed by atoms with Crippen LogP contribution in [-0.2, 0) is 4.79 Å². The summed E-state index contributed by atoms with van der Waals surface area (Å²) >= 11 is 0. The van der Waals surface area contributed by atoms with Crippen LogP contribution in [0.15, 0.2) is 36.0 Å². The van der Waals surface area contributed by atoms with Gasteiger partial charge >= 0.3 is 0 Å². The Morgan fingerprint density at radius 2 is 1.96 bits per heavy atom. The standard InChI is InChI=1S/C20H29N3O/c1-5-7-13-23(12-6-2)15-17(14-21)20(24)22-19-11-9-8-10-18(19)16(3)4/h8-11,15-16H,5-7,12-13H2,1-4H3,(H,22,24)/b17-15-. The molecule has 0 aliphatic rings. The number of hydrogen-bond donors (Lipinski definition) is 1. The van der Waals surface area contributed by atoms with E-state index in [9.17, 15) is 10.1 Å². The highest BCUT2D eigenvalue weighted by Gasteiger charge is 2.14. The van der Waals surface area contributed by atoms with Crippen molar-refractivity contribution >= 4 is 11.6 Å². The first kappa shape index (κ1) is 19.8. The van der Waals surface area contributed by atoms with Crippen molar-refractivity contribution in [3.8, 4) is 6.07 Å². The maximum absolute atomic E-state index is 12.5. The highest BCUT2D eigenvalue weighted by atomic mass is 16.1. The lowest BCUT2D eigenvalue weighted by Crippen LogP contribution is -2.23. The maximum Gasteiger partial charge on any atom is 0.267 e. The average molecular weight is 327 g/mol. The van der Waals surface area contributed by atoms with Crippen molar-refractivity contribution in [3.05, 3.63) is 41.6 Å². The fourth-order valence-electron chi connectivity index (χ4n) is 2.51. The van der Waals surface area contributed by atoms with Crippen LogP contribution in [0.4, 0.5) is 5.69 Å². The van der Waals surface area contributed by atoms with Crippen LogP contribution in [0.3, 0.4) is 0 Å². The van der Waals surface area contributed by atoms with Crippen LogP contribution in [0.25, 0.3) is 0 Å². The van der Waals surface area contributed by atoms with Gasteiger partial charge in [-0.3, -0.25) is 4.79 Å². The number of carbonyl (C=O) groups excluding carboxylic acids is 1. The minimum Gasteiger partial charge on any atom is -0.376 e. The summed E-state index contributed by atoms with van der Waals surface area (Å²) in [5.41, 5.74) is 1.99. The molecule has 0 aliphatic heterocycles. The number of anilines is 1. The van der Waals surface area contributed by atoms with Gasteiger partial charge in [0.1, 0.15) is 11.6 Å². The van der Waals surface area contributed by atoms with E-state index in [1.54, 1.807) is 6.20 Å². The number of amides is 1. The van der Waals surface area contributed by atoms with Crippen molar-refractivity contribution in [2.45, 2.75) is 52.9 Å². The predicted octanol–water partition coefficient (Wildman–Crippen LogP) is 4.67. The van der Waals surface area contributed by atoms with Crippen molar-refractivity contribution in [2.24, 2.45) is 0 Å². The summed E-state index contributed by atoms with van der Waals surface area (Å²) in [7, 11) is 0. The quantitative estimate of drug-likeness (QED) is 0.530. The molecule has 4 nitrogen and oxygen atoms in total. The van der Waals surface area contributed by atoms with Gasteiger partial charge in [0.2, 0.25) is 0 Å². The zero-order valence-electron chi connectivity index (χ0n) is 15.3. The first-order valence-electron chi connectivity index (χ1n) is 8.79. The fraction of sp³-hybridized carbons (Fsp3) is 0.500. The molecule has 0 unspecified atom stereocenters. The molecule has 24 heavy (non-hydrogen) atoms. The Balaban J connectivity index is 2.93. The van der Waals surface area contributed by atoms with E-state index in [1.165, 1.54) is 0 Å². The lowest BCUT2D eigenvalue weighted by Gasteiger charge is -2.20. The van der Waals surface area contributed by atoms with Crippen LogP contribution in [0.1, 0.15) is 58.4 Å². The molecule has 130 valence electrons. The number of rotatable bonds is 9. The second-order valence-corrected chi connectivity index (χ2v) is 6.24. The van der Waals surface area contributed by atoms with Crippen LogP contribution in [0.2, 0.25) is 0 Å². The molecule has 1 aromatic rings. The summed E-state index contributed by atoms with van der Waals surface area (Å²) in [6, 6.07) is 9.77. The molecule has 0 saturated carbocycles. The van der Waals surface area contributed by atoms with Crippen LogP contribution in [0, 0.1) is 11.3 Å². The monoisotopic (exact) mass is 327 g/mol. The van der Waals surface area contributed by atoms with E-state index in [4.69, 9.17) is 0 Å². The van der Waals surface area contributed by atoms with E-state index in [1.807, 2.05) is 30.3 Å². The van der Waals surface area contributed by atoms with Crippen molar-refractivity contribution < 1.29 is 4.79 Å². The summed E-state index contributed by atoms with van der Waals surface area (Å²) < 4.78 is 0.